The fourth-order valence-electron chi connectivity index (χ4n) is 2.49. The summed E-state index contributed by atoms with van der Waals surface area (Å²) in [6, 6.07) is 14.9. The highest BCUT2D eigenvalue weighted by Gasteiger charge is 2.23. The van der Waals surface area contributed by atoms with E-state index in [4.69, 9.17) is 27.9 Å². The smallest absolute Gasteiger partial charge is 0.321 e. The van der Waals surface area contributed by atoms with E-state index in [2.05, 4.69) is 4.98 Å². The number of hydrogen-bond acceptors (Lipinski definition) is 5. The number of hydrogen-bond donors (Lipinski definition) is 0. The summed E-state index contributed by atoms with van der Waals surface area (Å²) in [4.78, 5) is 16.4. The third-order valence-corrected chi connectivity index (χ3v) is 6.41. The van der Waals surface area contributed by atoms with Gasteiger partial charge in [0.1, 0.15) is 18.3 Å². The number of ether oxygens (including phenoxy) is 1. The fourth-order valence-corrected chi connectivity index (χ4v) is 3.94. The number of rotatable bonds is 6. The van der Waals surface area contributed by atoms with Gasteiger partial charge in [0.2, 0.25) is 10.0 Å². The molecule has 0 amide bonds. The van der Waals surface area contributed by atoms with E-state index in [-0.39, 0.29) is 16.7 Å². The first-order chi connectivity index (χ1) is 13.3. The van der Waals surface area contributed by atoms with Crippen LogP contribution in [0.25, 0.3) is 10.9 Å². The lowest BCUT2D eigenvalue weighted by molar-refractivity contribution is -0.144. The average molecular weight is 439 g/mol. The van der Waals surface area contributed by atoms with Crippen molar-refractivity contribution in [1.29, 1.82) is 0 Å². The van der Waals surface area contributed by atoms with Crippen molar-refractivity contribution in [1.82, 2.24) is 9.29 Å². The summed E-state index contributed by atoms with van der Waals surface area (Å²) < 4.78 is 31.1. The van der Waals surface area contributed by atoms with Crippen LogP contribution in [0.2, 0.25) is 10.2 Å². The molecule has 146 valence electrons. The number of likely N-dealkylation sites (N-methyl/N-ethyl adjacent to an activating group) is 1. The number of sulfonamides is 1. The molecule has 0 fully saturated rings. The Balaban J connectivity index is 1.65. The molecule has 0 aliphatic rings. The number of nitrogens with zero attached hydrogens (tertiary/aromatic N) is 2. The second kappa shape index (κ2) is 8.45. The number of aromatic nitrogens is 1. The van der Waals surface area contributed by atoms with E-state index in [1.165, 1.54) is 31.3 Å². The highest BCUT2D eigenvalue weighted by molar-refractivity contribution is 7.89. The normalized spacial score (nSPS) is 11.7. The molecule has 1 heterocycles. The van der Waals surface area contributed by atoms with Crippen LogP contribution in [0.4, 0.5) is 0 Å². The van der Waals surface area contributed by atoms with Crippen LogP contribution in [0.3, 0.4) is 0 Å². The van der Waals surface area contributed by atoms with Gasteiger partial charge < -0.3 is 4.74 Å². The predicted molar refractivity (Wildman–Crippen MR) is 108 cm³/mol. The number of halogens is 2. The van der Waals surface area contributed by atoms with Gasteiger partial charge in [-0.15, -0.1) is 0 Å². The third kappa shape index (κ3) is 4.62. The summed E-state index contributed by atoms with van der Waals surface area (Å²) in [7, 11) is -2.53. The monoisotopic (exact) mass is 438 g/mol. The van der Waals surface area contributed by atoms with Gasteiger partial charge in [-0.3, -0.25) is 4.79 Å². The van der Waals surface area contributed by atoms with E-state index in [0.29, 0.717) is 10.6 Å². The third-order valence-electron chi connectivity index (χ3n) is 4.01. The fraction of sp³-hybridized carbons (Fsp3) is 0.158. The maximum absolute atomic E-state index is 12.5. The van der Waals surface area contributed by atoms with E-state index in [1.807, 2.05) is 24.3 Å². The zero-order chi connectivity index (χ0) is 20.3. The van der Waals surface area contributed by atoms with Crippen molar-refractivity contribution in [3.05, 3.63) is 70.3 Å². The number of esters is 1. The van der Waals surface area contributed by atoms with Crippen molar-refractivity contribution in [2.75, 3.05) is 13.6 Å². The standard InChI is InChI=1S/C19H16Cl2N2O4S/c1-23(28(25,26)16-8-6-15(20)7-9-16)11-18(24)27-12-14-10-13-4-2-3-5-17(13)22-19(14)21/h2-10H,11-12H2,1H3. The van der Waals surface area contributed by atoms with E-state index < -0.39 is 22.5 Å². The average Bonchev–Trinajstić information content (AvgIpc) is 2.66. The molecule has 9 heteroatoms. The summed E-state index contributed by atoms with van der Waals surface area (Å²) >= 11 is 11.9. The van der Waals surface area contributed by atoms with Gasteiger partial charge >= 0.3 is 5.97 Å². The Bertz CT molecular complexity index is 1120. The van der Waals surface area contributed by atoms with Crippen LogP contribution in [0.1, 0.15) is 5.56 Å². The molecule has 0 aliphatic carbocycles. The first kappa shape index (κ1) is 20.5. The summed E-state index contributed by atoms with van der Waals surface area (Å²) in [6.07, 6.45) is 0. The number of pyridine rings is 1. The van der Waals surface area contributed by atoms with Gasteiger partial charge in [-0.1, -0.05) is 41.4 Å². The first-order valence-electron chi connectivity index (χ1n) is 8.19. The lowest BCUT2D eigenvalue weighted by Gasteiger charge is -2.16. The van der Waals surface area contributed by atoms with E-state index in [9.17, 15) is 13.2 Å². The van der Waals surface area contributed by atoms with Crippen LogP contribution in [-0.2, 0) is 26.2 Å². The van der Waals surface area contributed by atoms with Crippen LogP contribution < -0.4 is 0 Å². The molecular formula is C19H16Cl2N2O4S. The van der Waals surface area contributed by atoms with Gasteiger partial charge in [-0.05, 0) is 36.4 Å². The van der Waals surface area contributed by atoms with Gasteiger partial charge in [0.25, 0.3) is 0 Å². The molecule has 0 atom stereocenters. The number of para-hydroxylation sites is 1. The summed E-state index contributed by atoms with van der Waals surface area (Å²) in [5, 5.41) is 1.51. The van der Waals surface area contributed by atoms with Crippen LogP contribution in [-0.4, -0.2) is 37.3 Å². The second-order valence-corrected chi connectivity index (χ2v) is 8.85. The Morgan fingerprint density at radius 1 is 1.11 bits per heavy atom. The Kier molecular flexibility index (Phi) is 6.20. The maximum atomic E-state index is 12.5. The topological polar surface area (TPSA) is 76.6 Å². The Morgan fingerprint density at radius 3 is 2.50 bits per heavy atom. The molecule has 0 N–H and O–H groups in total. The lowest BCUT2D eigenvalue weighted by Crippen LogP contribution is -2.33. The number of carbonyl (C=O) groups excluding carboxylic acids is 1. The number of carbonyl (C=O) groups is 1. The van der Waals surface area contributed by atoms with Crippen molar-refractivity contribution in [2.45, 2.75) is 11.5 Å². The SMILES string of the molecule is CN(CC(=O)OCc1cc2ccccc2nc1Cl)S(=O)(=O)c1ccc(Cl)cc1. The Morgan fingerprint density at radius 2 is 1.79 bits per heavy atom. The molecule has 0 radical (unpaired) electrons. The molecule has 3 rings (SSSR count). The minimum absolute atomic E-state index is 0.0361. The van der Waals surface area contributed by atoms with E-state index in [0.717, 1.165) is 15.2 Å². The van der Waals surface area contributed by atoms with Gasteiger partial charge in [0.05, 0.1) is 10.4 Å². The van der Waals surface area contributed by atoms with E-state index >= 15 is 0 Å². The highest BCUT2D eigenvalue weighted by atomic mass is 35.5. The van der Waals surface area contributed by atoms with Gasteiger partial charge in [-0.2, -0.15) is 4.31 Å². The molecule has 28 heavy (non-hydrogen) atoms. The molecular weight excluding hydrogens is 423 g/mol. The summed E-state index contributed by atoms with van der Waals surface area (Å²) in [5.41, 5.74) is 1.27. The lowest BCUT2D eigenvalue weighted by atomic mass is 10.2. The molecule has 6 nitrogen and oxygen atoms in total. The van der Waals surface area contributed by atoms with Crippen molar-refractivity contribution < 1.29 is 17.9 Å². The molecule has 0 spiro atoms. The van der Waals surface area contributed by atoms with Gasteiger partial charge in [-0.25, -0.2) is 13.4 Å². The summed E-state index contributed by atoms with van der Waals surface area (Å²) in [5.74, 6) is -0.704. The van der Waals surface area contributed by atoms with Crippen molar-refractivity contribution in [3.63, 3.8) is 0 Å². The van der Waals surface area contributed by atoms with Crippen LogP contribution in [0.5, 0.6) is 0 Å². The molecule has 0 bridgehead atoms. The van der Waals surface area contributed by atoms with E-state index in [1.54, 1.807) is 6.07 Å². The maximum Gasteiger partial charge on any atom is 0.321 e. The molecule has 0 saturated heterocycles. The molecule has 0 aliphatic heterocycles. The summed E-state index contributed by atoms with van der Waals surface area (Å²) in [6.45, 7) is -0.548. The predicted octanol–water partition coefficient (Wildman–Crippen LogP) is 3.91. The number of benzene rings is 2. The zero-order valence-electron chi connectivity index (χ0n) is 14.8. The second-order valence-electron chi connectivity index (χ2n) is 6.01. The van der Waals surface area contributed by atoms with Crippen LogP contribution >= 0.6 is 23.2 Å². The largest absolute Gasteiger partial charge is 0.460 e. The Hall–Kier alpha value is -2.19. The molecule has 2 aromatic carbocycles. The zero-order valence-corrected chi connectivity index (χ0v) is 17.1. The van der Waals surface area contributed by atoms with Gasteiger partial charge in [0, 0.05) is 23.0 Å². The highest BCUT2D eigenvalue weighted by Crippen LogP contribution is 2.21. The minimum Gasteiger partial charge on any atom is -0.460 e. The molecule has 0 saturated carbocycles. The van der Waals surface area contributed by atoms with Crippen molar-refractivity contribution in [2.24, 2.45) is 0 Å². The Labute approximate surface area is 172 Å². The minimum atomic E-state index is -3.84. The van der Waals surface area contributed by atoms with Crippen LogP contribution in [0, 0.1) is 0 Å². The molecule has 3 aromatic rings. The quantitative estimate of drug-likeness (QED) is 0.430. The van der Waals surface area contributed by atoms with Crippen molar-refractivity contribution >= 4 is 50.1 Å². The molecule has 0 unspecified atom stereocenters. The number of fused-ring (bicyclic) bond motifs is 1. The van der Waals surface area contributed by atoms with Crippen molar-refractivity contribution in [3.8, 4) is 0 Å². The van der Waals surface area contributed by atoms with Gasteiger partial charge in [0.15, 0.2) is 0 Å². The first-order valence-corrected chi connectivity index (χ1v) is 10.4. The van der Waals surface area contributed by atoms with Crippen LogP contribution in [0.15, 0.2) is 59.5 Å². The molecule has 1 aromatic heterocycles.